The zero-order chi connectivity index (χ0) is 19.8. The maximum atomic E-state index is 12.6. The van der Waals surface area contributed by atoms with Crippen molar-refractivity contribution in [2.24, 2.45) is 0 Å². The fourth-order valence-electron chi connectivity index (χ4n) is 2.86. The molecule has 0 saturated heterocycles. The minimum absolute atomic E-state index is 0.300. The van der Waals surface area contributed by atoms with E-state index in [2.05, 4.69) is 15.5 Å². The van der Waals surface area contributed by atoms with Crippen LogP contribution in [0.5, 0.6) is 0 Å². The van der Waals surface area contributed by atoms with E-state index in [0.29, 0.717) is 26.8 Å². The van der Waals surface area contributed by atoms with Gasteiger partial charge in [-0.3, -0.25) is 4.79 Å². The average molecular weight is 411 g/mol. The van der Waals surface area contributed by atoms with E-state index in [0.717, 1.165) is 16.8 Å². The molecule has 28 heavy (non-hydrogen) atoms. The van der Waals surface area contributed by atoms with Gasteiger partial charge in [0, 0.05) is 10.7 Å². The lowest BCUT2D eigenvalue weighted by Crippen LogP contribution is -2.13. The molecule has 0 saturated carbocycles. The third kappa shape index (κ3) is 3.59. The van der Waals surface area contributed by atoms with E-state index < -0.39 is 0 Å². The van der Waals surface area contributed by atoms with Crippen molar-refractivity contribution < 1.29 is 4.79 Å². The van der Waals surface area contributed by atoms with Crippen LogP contribution < -0.4 is 5.32 Å². The van der Waals surface area contributed by atoms with Crippen LogP contribution in [0.1, 0.15) is 21.5 Å². The van der Waals surface area contributed by atoms with Crippen molar-refractivity contribution in [3.05, 3.63) is 81.3 Å². The van der Waals surface area contributed by atoms with Crippen molar-refractivity contribution in [3.63, 3.8) is 0 Å². The summed E-state index contributed by atoms with van der Waals surface area (Å²) in [6.07, 6.45) is 0. The molecule has 0 fully saturated rings. The molecule has 0 aliphatic carbocycles. The molecule has 1 heterocycles. The molecule has 0 unspecified atom stereocenters. The first kappa shape index (κ1) is 18.5. The van der Waals surface area contributed by atoms with Crippen LogP contribution in [0, 0.1) is 13.8 Å². The fourth-order valence-corrected chi connectivity index (χ4v) is 3.35. The molecule has 0 aliphatic heterocycles. The number of fused-ring (bicyclic) bond motifs is 1. The van der Waals surface area contributed by atoms with Crippen molar-refractivity contribution in [1.29, 1.82) is 0 Å². The second-order valence-corrected chi connectivity index (χ2v) is 7.40. The lowest BCUT2D eigenvalue weighted by atomic mass is 10.1. The molecule has 0 spiro atoms. The number of carbonyl (C=O) groups excluding carboxylic acids is 1. The van der Waals surface area contributed by atoms with Gasteiger partial charge in [0.15, 0.2) is 0 Å². The summed E-state index contributed by atoms with van der Waals surface area (Å²) < 4.78 is 0. The molecule has 140 valence electrons. The monoisotopic (exact) mass is 410 g/mol. The van der Waals surface area contributed by atoms with Gasteiger partial charge in [-0.05, 0) is 61.9 Å². The Hall–Kier alpha value is -2.89. The fraction of sp³-hybridized carbons (Fsp3) is 0.0952. The highest BCUT2D eigenvalue weighted by atomic mass is 35.5. The molecule has 0 bridgehead atoms. The zero-order valence-corrected chi connectivity index (χ0v) is 16.7. The van der Waals surface area contributed by atoms with Crippen LogP contribution >= 0.6 is 23.2 Å². The standard InChI is InChI=1S/C21H16Cl2N4O/c1-12-3-6-15(7-4-12)27-25-19-9-13(2)18(11-20(19)26-27)24-21(28)16-8-5-14(22)10-17(16)23/h3-11H,1-2H3,(H,24,28). The van der Waals surface area contributed by atoms with E-state index in [9.17, 15) is 4.79 Å². The van der Waals surface area contributed by atoms with E-state index in [4.69, 9.17) is 23.2 Å². The normalized spacial score (nSPS) is 11.0. The van der Waals surface area contributed by atoms with Gasteiger partial charge in [0.25, 0.3) is 5.91 Å². The molecule has 3 aromatic carbocycles. The molecule has 5 nitrogen and oxygen atoms in total. The first-order valence-electron chi connectivity index (χ1n) is 8.62. The minimum atomic E-state index is -0.310. The minimum Gasteiger partial charge on any atom is -0.322 e. The Balaban J connectivity index is 1.67. The number of hydrogen-bond acceptors (Lipinski definition) is 3. The lowest BCUT2D eigenvalue weighted by molar-refractivity contribution is 0.102. The van der Waals surface area contributed by atoms with Crippen molar-refractivity contribution in [2.45, 2.75) is 13.8 Å². The second kappa shape index (κ2) is 7.26. The molecule has 1 aromatic heterocycles. The van der Waals surface area contributed by atoms with Crippen LogP contribution in [0.4, 0.5) is 5.69 Å². The van der Waals surface area contributed by atoms with Crippen molar-refractivity contribution in [1.82, 2.24) is 15.0 Å². The van der Waals surface area contributed by atoms with E-state index >= 15 is 0 Å². The number of aromatic nitrogens is 3. The Morgan fingerprint density at radius 1 is 0.929 bits per heavy atom. The Morgan fingerprint density at radius 2 is 1.61 bits per heavy atom. The summed E-state index contributed by atoms with van der Waals surface area (Å²) in [5, 5.41) is 12.7. The van der Waals surface area contributed by atoms with Crippen LogP contribution in [0.15, 0.2) is 54.6 Å². The number of halogens is 2. The van der Waals surface area contributed by atoms with Gasteiger partial charge in [-0.15, -0.1) is 10.2 Å². The number of benzene rings is 3. The summed E-state index contributed by atoms with van der Waals surface area (Å²) in [5.74, 6) is -0.310. The predicted octanol–water partition coefficient (Wildman–Crippen LogP) is 5.60. The Kier molecular flexibility index (Phi) is 4.79. The molecular formula is C21H16Cl2N4O. The third-order valence-electron chi connectivity index (χ3n) is 4.42. The van der Waals surface area contributed by atoms with Gasteiger partial charge in [0.1, 0.15) is 11.0 Å². The Morgan fingerprint density at radius 3 is 2.29 bits per heavy atom. The van der Waals surface area contributed by atoms with E-state index in [1.807, 2.05) is 50.2 Å². The van der Waals surface area contributed by atoms with Gasteiger partial charge < -0.3 is 5.32 Å². The largest absolute Gasteiger partial charge is 0.322 e. The van der Waals surface area contributed by atoms with E-state index in [1.165, 1.54) is 5.56 Å². The lowest BCUT2D eigenvalue weighted by Gasteiger charge is -2.09. The number of hydrogen-bond donors (Lipinski definition) is 1. The predicted molar refractivity (Wildman–Crippen MR) is 113 cm³/mol. The molecule has 0 radical (unpaired) electrons. The molecule has 4 rings (SSSR count). The van der Waals surface area contributed by atoms with Gasteiger partial charge in [0.05, 0.1) is 16.3 Å². The SMILES string of the molecule is Cc1ccc(-n2nc3cc(C)c(NC(=O)c4ccc(Cl)cc4Cl)cc3n2)cc1. The zero-order valence-electron chi connectivity index (χ0n) is 15.2. The Labute approximate surface area is 171 Å². The molecule has 0 atom stereocenters. The van der Waals surface area contributed by atoms with Crippen LogP contribution in [-0.2, 0) is 0 Å². The molecular weight excluding hydrogens is 395 g/mol. The number of anilines is 1. The number of amides is 1. The van der Waals surface area contributed by atoms with Gasteiger partial charge in [0.2, 0.25) is 0 Å². The van der Waals surface area contributed by atoms with Crippen LogP contribution in [0.3, 0.4) is 0 Å². The topological polar surface area (TPSA) is 59.8 Å². The number of nitrogens with one attached hydrogen (secondary N) is 1. The molecule has 7 heteroatoms. The van der Waals surface area contributed by atoms with Gasteiger partial charge >= 0.3 is 0 Å². The summed E-state index contributed by atoms with van der Waals surface area (Å²) in [5.41, 5.74) is 5.36. The van der Waals surface area contributed by atoms with Crippen LogP contribution in [-0.4, -0.2) is 20.9 Å². The quantitative estimate of drug-likeness (QED) is 0.478. The number of aryl methyl sites for hydroxylation is 2. The molecule has 1 N–H and O–H groups in total. The number of rotatable bonds is 3. The summed E-state index contributed by atoms with van der Waals surface area (Å²) in [7, 11) is 0. The highest BCUT2D eigenvalue weighted by Gasteiger charge is 2.14. The molecule has 1 amide bonds. The first-order valence-corrected chi connectivity index (χ1v) is 9.37. The summed E-state index contributed by atoms with van der Waals surface area (Å²) >= 11 is 12.0. The Bertz CT molecular complexity index is 1200. The molecule has 0 aliphatic rings. The maximum absolute atomic E-state index is 12.6. The highest BCUT2D eigenvalue weighted by Crippen LogP contribution is 2.25. The molecule has 4 aromatic rings. The number of nitrogens with zero attached hydrogens (tertiary/aromatic N) is 3. The number of carbonyl (C=O) groups is 1. The smallest absolute Gasteiger partial charge is 0.257 e. The maximum Gasteiger partial charge on any atom is 0.257 e. The summed E-state index contributed by atoms with van der Waals surface area (Å²) in [6.45, 7) is 3.94. The average Bonchev–Trinajstić information content (AvgIpc) is 3.05. The van der Waals surface area contributed by atoms with E-state index in [1.54, 1.807) is 23.0 Å². The summed E-state index contributed by atoms with van der Waals surface area (Å²) in [4.78, 5) is 14.2. The van der Waals surface area contributed by atoms with Crippen molar-refractivity contribution in [3.8, 4) is 5.69 Å². The van der Waals surface area contributed by atoms with Crippen molar-refractivity contribution in [2.75, 3.05) is 5.32 Å². The van der Waals surface area contributed by atoms with Crippen LogP contribution in [0.25, 0.3) is 16.7 Å². The first-order chi connectivity index (χ1) is 13.4. The second-order valence-electron chi connectivity index (χ2n) is 6.56. The van der Waals surface area contributed by atoms with Crippen LogP contribution in [0.2, 0.25) is 10.0 Å². The van der Waals surface area contributed by atoms with Gasteiger partial charge in [-0.25, -0.2) is 0 Å². The van der Waals surface area contributed by atoms with E-state index in [-0.39, 0.29) is 5.91 Å². The van der Waals surface area contributed by atoms with Crippen molar-refractivity contribution >= 4 is 45.8 Å². The third-order valence-corrected chi connectivity index (χ3v) is 4.96. The van der Waals surface area contributed by atoms with Gasteiger partial charge in [-0.1, -0.05) is 40.9 Å². The van der Waals surface area contributed by atoms with Gasteiger partial charge in [-0.2, -0.15) is 4.80 Å². The highest BCUT2D eigenvalue weighted by molar-refractivity contribution is 6.37. The summed E-state index contributed by atoms with van der Waals surface area (Å²) in [6, 6.07) is 16.4.